The number of hydrogen-bond donors (Lipinski definition) is 1. The first-order valence-corrected chi connectivity index (χ1v) is 9.37. The molecule has 9 heteroatoms. The smallest absolute Gasteiger partial charge is 0.237 e. The third-order valence-corrected chi connectivity index (χ3v) is 5.31. The van der Waals surface area contributed by atoms with Crippen LogP contribution < -0.4 is 5.32 Å². The van der Waals surface area contributed by atoms with E-state index in [1.807, 2.05) is 31.2 Å². The molecule has 0 spiro atoms. The van der Waals surface area contributed by atoms with E-state index in [0.29, 0.717) is 20.9 Å². The summed E-state index contributed by atoms with van der Waals surface area (Å²) >= 11 is 13.5. The number of tetrazole rings is 1. The van der Waals surface area contributed by atoms with Crippen molar-refractivity contribution in [2.45, 2.75) is 24.3 Å². The van der Waals surface area contributed by atoms with Gasteiger partial charge in [-0.3, -0.25) is 4.79 Å². The molecular weight excluding hydrogens is 393 g/mol. The van der Waals surface area contributed by atoms with Crippen LogP contribution in [0.3, 0.4) is 0 Å². The molecular formula is C17H15Cl2N5OS. The molecule has 3 rings (SSSR count). The van der Waals surface area contributed by atoms with Crippen LogP contribution in [-0.2, 0) is 4.79 Å². The number of halogens is 2. The van der Waals surface area contributed by atoms with Gasteiger partial charge >= 0.3 is 0 Å². The molecule has 0 unspecified atom stereocenters. The normalized spacial score (nSPS) is 12.0. The van der Waals surface area contributed by atoms with Gasteiger partial charge in [0.15, 0.2) is 0 Å². The number of aromatic nitrogens is 4. The Morgan fingerprint density at radius 2 is 1.85 bits per heavy atom. The minimum Gasteiger partial charge on any atom is -0.323 e. The molecule has 1 heterocycles. The fourth-order valence-electron chi connectivity index (χ4n) is 2.26. The fraction of sp³-hybridized carbons (Fsp3) is 0.176. The third kappa shape index (κ3) is 4.00. The number of carbonyl (C=O) groups excluding carboxylic acids is 1. The number of carbonyl (C=O) groups is 1. The van der Waals surface area contributed by atoms with Crippen molar-refractivity contribution in [3.63, 3.8) is 0 Å². The van der Waals surface area contributed by atoms with E-state index in [0.717, 1.165) is 11.3 Å². The summed E-state index contributed by atoms with van der Waals surface area (Å²) < 4.78 is 1.62. The summed E-state index contributed by atoms with van der Waals surface area (Å²) in [5.74, 6) is -0.246. The maximum absolute atomic E-state index is 12.5. The van der Waals surface area contributed by atoms with E-state index >= 15 is 0 Å². The van der Waals surface area contributed by atoms with Gasteiger partial charge in [-0.15, -0.1) is 5.10 Å². The molecule has 1 atom stereocenters. The van der Waals surface area contributed by atoms with Gasteiger partial charge in [0.25, 0.3) is 0 Å². The Bertz CT molecular complexity index is 926. The summed E-state index contributed by atoms with van der Waals surface area (Å²) in [6.07, 6.45) is 0. The van der Waals surface area contributed by atoms with Crippen molar-refractivity contribution < 1.29 is 4.79 Å². The summed E-state index contributed by atoms with van der Waals surface area (Å²) in [7, 11) is 0. The lowest BCUT2D eigenvalue weighted by Crippen LogP contribution is -2.23. The Hall–Kier alpha value is -2.09. The monoisotopic (exact) mass is 407 g/mol. The van der Waals surface area contributed by atoms with Gasteiger partial charge in [-0.2, -0.15) is 4.68 Å². The minimum atomic E-state index is -0.462. The molecule has 0 fully saturated rings. The van der Waals surface area contributed by atoms with Gasteiger partial charge in [0.05, 0.1) is 26.7 Å². The molecule has 1 aromatic heterocycles. The lowest BCUT2D eigenvalue weighted by Gasteiger charge is -2.14. The van der Waals surface area contributed by atoms with E-state index in [4.69, 9.17) is 23.2 Å². The molecule has 0 bridgehead atoms. The average molecular weight is 408 g/mol. The van der Waals surface area contributed by atoms with Crippen molar-refractivity contribution in [1.29, 1.82) is 0 Å². The van der Waals surface area contributed by atoms with Gasteiger partial charge in [-0.1, -0.05) is 59.2 Å². The molecule has 0 aliphatic heterocycles. The lowest BCUT2D eigenvalue weighted by molar-refractivity contribution is -0.115. The third-order valence-electron chi connectivity index (χ3n) is 3.65. The molecule has 0 aliphatic rings. The van der Waals surface area contributed by atoms with Gasteiger partial charge < -0.3 is 5.32 Å². The molecule has 134 valence electrons. The predicted octanol–water partition coefficient (Wildman–Crippen LogP) is 4.40. The highest BCUT2D eigenvalue weighted by Crippen LogP contribution is 2.31. The van der Waals surface area contributed by atoms with Crippen LogP contribution >= 0.6 is 35.0 Å². The Balaban J connectivity index is 1.77. The van der Waals surface area contributed by atoms with E-state index in [1.165, 1.54) is 11.8 Å². The van der Waals surface area contributed by atoms with E-state index in [2.05, 4.69) is 20.8 Å². The van der Waals surface area contributed by atoms with Gasteiger partial charge in [-0.25, -0.2) is 0 Å². The predicted molar refractivity (Wildman–Crippen MR) is 104 cm³/mol. The van der Waals surface area contributed by atoms with Gasteiger partial charge in [0.2, 0.25) is 11.1 Å². The Kier molecular flexibility index (Phi) is 5.80. The second-order valence-electron chi connectivity index (χ2n) is 5.51. The Labute approximate surface area is 164 Å². The lowest BCUT2D eigenvalue weighted by atomic mass is 10.2. The van der Waals surface area contributed by atoms with Gasteiger partial charge in [0.1, 0.15) is 0 Å². The summed E-state index contributed by atoms with van der Waals surface area (Å²) in [5.41, 5.74) is 2.29. The van der Waals surface area contributed by atoms with Gasteiger partial charge in [0, 0.05) is 0 Å². The van der Waals surface area contributed by atoms with Crippen LogP contribution in [0.1, 0.15) is 12.5 Å². The van der Waals surface area contributed by atoms with Crippen molar-refractivity contribution in [3.8, 4) is 5.69 Å². The van der Waals surface area contributed by atoms with Gasteiger partial charge in [-0.05, 0) is 48.0 Å². The molecule has 3 aromatic rings. The van der Waals surface area contributed by atoms with Crippen LogP contribution in [0.15, 0.2) is 47.6 Å². The van der Waals surface area contributed by atoms with E-state index in [9.17, 15) is 4.79 Å². The number of thioether (sulfide) groups is 1. The second kappa shape index (κ2) is 8.07. The highest BCUT2D eigenvalue weighted by molar-refractivity contribution is 8.00. The van der Waals surface area contributed by atoms with Crippen LogP contribution in [0.4, 0.5) is 5.69 Å². The highest BCUT2D eigenvalue weighted by Gasteiger charge is 2.21. The number of nitrogens with one attached hydrogen (secondary N) is 1. The number of anilines is 1. The maximum Gasteiger partial charge on any atom is 0.237 e. The SMILES string of the molecule is Cc1ccccc1-n1nnnc1S[C@H](C)C(=O)Nc1c(Cl)cccc1Cl. The van der Waals surface area contributed by atoms with Crippen molar-refractivity contribution in [2.24, 2.45) is 0 Å². The number of nitrogens with zero attached hydrogens (tertiary/aromatic N) is 4. The topological polar surface area (TPSA) is 72.7 Å². The summed E-state index contributed by atoms with van der Waals surface area (Å²) in [6.45, 7) is 3.74. The number of hydrogen-bond acceptors (Lipinski definition) is 5. The summed E-state index contributed by atoms with van der Waals surface area (Å²) in [6, 6.07) is 12.8. The van der Waals surface area contributed by atoms with Crippen molar-refractivity contribution in [2.75, 3.05) is 5.32 Å². The molecule has 26 heavy (non-hydrogen) atoms. The van der Waals surface area contributed by atoms with E-state index in [-0.39, 0.29) is 5.91 Å². The largest absolute Gasteiger partial charge is 0.323 e. The summed E-state index contributed by atoms with van der Waals surface area (Å²) in [4.78, 5) is 12.5. The van der Waals surface area contributed by atoms with Crippen LogP contribution in [0.5, 0.6) is 0 Å². The van der Waals surface area contributed by atoms with Crippen molar-refractivity contribution in [3.05, 3.63) is 58.1 Å². The number of amides is 1. The number of aryl methyl sites for hydroxylation is 1. The van der Waals surface area contributed by atoms with Crippen LogP contribution in [0.25, 0.3) is 5.69 Å². The molecule has 0 radical (unpaired) electrons. The van der Waals surface area contributed by atoms with Crippen LogP contribution in [-0.4, -0.2) is 31.4 Å². The van der Waals surface area contributed by atoms with E-state index in [1.54, 1.807) is 29.8 Å². The highest BCUT2D eigenvalue weighted by atomic mass is 35.5. The zero-order valence-corrected chi connectivity index (χ0v) is 16.3. The molecule has 6 nitrogen and oxygen atoms in total. The molecule has 1 N–H and O–H groups in total. The van der Waals surface area contributed by atoms with Crippen molar-refractivity contribution >= 4 is 46.6 Å². The molecule has 0 saturated carbocycles. The van der Waals surface area contributed by atoms with Crippen molar-refractivity contribution in [1.82, 2.24) is 20.2 Å². The standard InChI is InChI=1S/C17H15Cl2N5OS/c1-10-6-3-4-9-14(10)24-17(21-22-23-24)26-11(2)16(25)20-15-12(18)7-5-8-13(15)19/h3-9,11H,1-2H3,(H,20,25)/t11-/m1/s1. The molecule has 0 aliphatic carbocycles. The van der Waals surface area contributed by atoms with E-state index < -0.39 is 5.25 Å². The average Bonchev–Trinajstić information content (AvgIpc) is 3.06. The minimum absolute atomic E-state index is 0.246. The molecule has 2 aromatic carbocycles. The van der Waals surface area contributed by atoms with Crippen LogP contribution in [0.2, 0.25) is 10.0 Å². The summed E-state index contributed by atoms with van der Waals surface area (Å²) in [5, 5.41) is 15.4. The molecule has 1 amide bonds. The first-order chi connectivity index (χ1) is 12.5. The number of para-hydroxylation sites is 2. The number of benzene rings is 2. The Morgan fingerprint density at radius 3 is 2.54 bits per heavy atom. The Morgan fingerprint density at radius 1 is 1.15 bits per heavy atom. The quantitative estimate of drug-likeness (QED) is 0.634. The first-order valence-electron chi connectivity index (χ1n) is 7.73. The maximum atomic E-state index is 12.5. The van der Waals surface area contributed by atoms with Crippen LogP contribution in [0, 0.1) is 6.92 Å². The second-order valence-corrected chi connectivity index (χ2v) is 7.63. The molecule has 0 saturated heterocycles. The number of rotatable bonds is 5. The first kappa shape index (κ1) is 18.7. The zero-order valence-electron chi connectivity index (χ0n) is 14.0. The zero-order chi connectivity index (χ0) is 18.7. The fourth-order valence-corrected chi connectivity index (χ4v) is 3.55.